The molecule has 1 saturated heterocycles. The minimum atomic E-state index is -0.478. The fraction of sp³-hybridized carbons (Fsp3) is 0.385. The zero-order valence-corrected chi connectivity index (χ0v) is 10.7. The maximum Gasteiger partial charge on any atom is 0.249 e. The first-order valence-electron chi connectivity index (χ1n) is 5.78. The average Bonchev–Trinajstić information content (AvgIpc) is 2.33. The van der Waals surface area contributed by atoms with Crippen LogP contribution in [0.4, 0.5) is 5.69 Å². The molecule has 1 aromatic rings. The van der Waals surface area contributed by atoms with Gasteiger partial charge in [-0.2, -0.15) is 0 Å². The molecular weight excluding hydrogens is 232 g/mol. The normalized spacial score (nSPS) is 19.7. The molecule has 96 valence electrons. The number of hydrogen-bond donors (Lipinski definition) is 1. The van der Waals surface area contributed by atoms with Crippen LogP contribution in [0.5, 0.6) is 5.75 Å². The fourth-order valence-corrected chi connectivity index (χ4v) is 2.05. The minimum absolute atomic E-state index is 0.0644. The van der Waals surface area contributed by atoms with Crippen LogP contribution in [0.3, 0.4) is 0 Å². The Labute approximate surface area is 106 Å². The molecule has 1 fully saturated rings. The summed E-state index contributed by atoms with van der Waals surface area (Å²) in [7, 11) is 1.60. The first-order chi connectivity index (χ1) is 8.52. The van der Waals surface area contributed by atoms with E-state index in [0.29, 0.717) is 0 Å². The average molecular weight is 248 g/mol. The highest BCUT2D eigenvalue weighted by molar-refractivity contribution is 6.06. The third-order valence-corrected chi connectivity index (χ3v) is 3.01. The summed E-state index contributed by atoms with van der Waals surface area (Å²) in [5, 5.41) is 2.61. The van der Waals surface area contributed by atoms with E-state index in [-0.39, 0.29) is 18.4 Å². The Morgan fingerprint density at radius 1 is 1.39 bits per heavy atom. The molecule has 1 atom stereocenters. The van der Waals surface area contributed by atoms with Gasteiger partial charge in [-0.05, 0) is 37.6 Å². The zero-order valence-electron chi connectivity index (χ0n) is 10.7. The summed E-state index contributed by atoms with van der Waals surface area (Å²) in [6, 6.07) is 4.96. The van der Waals surface area contributed by atoms with Gasteiger partial charge in [0.2, 0.25) is 11.8 Å². The van der Waals surface area contributed by atoms with Crippen molar-refractivity contribution in [2.45, 2.75) is 19.9 Å². The monoisotopic (exact) mass is 248 g/mol. The molecule has 1 heterocycles. The zero-order chi connectivity index (χ0) is 13.3. The number of carbonyl (C=O) groups is 2. The fourth-order valence-electron chi connectivity index (χ4n) is 2.05. The first kappa shape index (κ1) is 12.4. The second kappa shape index (κ2) is 4.68. The van der Waals surface area contributed by atoms with Gasteiger partial charge in [-0.25, -0.2) is 0 Å². The lowest BCUT2D eigenvalue weighted by Crippen LogP contribution is -2.57. The number of hydrogen-bond acceptors (Lipinski definition) is 3. The van der Waals surface area contributed by atoms with Gasteiger partial charge in [0.25, 0.3) is 0 Å². The van der Waals surface area contributed by atoms with E-state index in [9.17, 15) is 9.59 Å². The number of ether oxygens (including phenoxy) is 1. The van der Waals surface area contributed by atoms with Crippen molar-refractivity contribution < 1.29 is 14.3 Å². The highest BCUT2D eigenvalue weighted by atomic mass is 16.5. The first-order valence-corrected chi connectivity index (χ1v) is 5.78. The van der Waals surface area contributed by atoms with E-state index < -0.39 is 6.04 Å². The van der Waals surface area contributed by atoms with Crippen molar-refractivity contribution in [1.82, 2.24) is 5.32 Å². The molecular formula is C13H16N2O3. The largest absolute Gasteiger partial charge is 0.496 e. The van der Waals surface area contributed by atoms with E-state index in [1.165, 1.54) is 4.90 Å². The molecule has 0 spiro atoms. The number of aryl methyl sites for hydroxylation is 1. The van der Waals surface area contributed by atoms with Crippen LogP contribution in [-0.2, 0) is 9.59 Å². The molecule has 2 amide bonds. The van der Waals surface area contributed by atoms with Gasteiger partial charge in [0, 0.05) is 5.69 Å². The van der Waals surface area contributed by atoms with Gasteiger partial charge in [-0.1, -0.05) is 0 Å². The molecule has 1 aliphatic heterocycles. The van der Waals surface area contributed by atoms with Crippen molar-refractivity contribution in [3.8, 4) is 5.75 Å². The smallest absolute Gasteiger partial charge is 0.249 e. The summed E-state index contributed by atoms with van der Waals surface area (Å²) in [5.41, 5.74) is 1.65. The summed E-state index contributed by atoms with van der Waals surface area (Å²) >= 11 is 0. The Bertz CT molecular complexity index is 499. The van der Waals surface area contributed by atoms with Gasteiger partial charge >= 0.3 is 0 Å². The lowest BCUT2D eigenvalue weighted by atomic mass is 10.1. The number of amides is 2. The van der Waals surface area contributed by atoms with Crippen LogP contribution in [-0.4, -0.2) is 31.5 Å². The molecule has 2 rings (SSSR count). The molecule has 0 saturated carbocycles. The molecule has 1 unspecified atom stereocenters. The van der Waals surface area contributed by atoms with Crippen LogP contribution < -0.4 is 15.0 Å². The van der Waals surface area contributed by atoms with Crippen LogP contribution in [0.2, 0.25) is 0 Å². The highest BCUT2D eigenvalue weighted by Gasteiger charge is 2.30. The van der Waals surface area contributed by atoms with Gasteiger partial charge in [-0.15, -0.1) is 0 Å². The van der Waals surface area contributed by atoms with Gasteiger partial charge < -0.3 is 15.0 Å². The van der Waals surface area contributed by atoms with Crippen molar-refractivity contribution in [2.24, 2.45) is 0 Å². The number of methoxy groups -OCH3 is 1. The molecule has 1 aromatic carbocycles. The second-order valence-electron chi connectivity index (χ2n) is 4.37. The van der Waals surface area contributed by atoms with Crippen LogP contribution in [0, 0.1) is 6.92 Å². The number of nitrogens with zero attached hydrogens (tertiary/aromatic N) is 1. The number of carbonyl (C=O) groups excluding carboxylic acids is 2. The quantitative estimate of drug-likeness (QED) is 0.844. The Kier molecular flexibility index (Phi) is 3.23. The van der Waals surface area contributed by atoms with E-state index in [2.05, 4.69) is 5.32 Å². The van der Waals surface area contributed by atoms with Crippen LogP contribution in [0.1, 0.15) is 12.5 Å². The SMILES string of the molecule is COc1ccc(N2CC(=O)NC(C)C2=O)cc1C. The van der Waals surface area contributed by atoms with Gasteiger partial charge in [0.15, 0.2) is 0 Å². The Hall–Kier alpha value is -2.04. The van der Waals surface area contributed by atoms with Gasteiger partial charge in [0.1, 0.15) is 18.3 Å². The summed E-state index contributed by atoms with van der Waals surface area (Å²) in [6.07, 6.45) is 0. The topological polar surface area (TPSA) is 58.6 Å². The predicted molar refractivity (Wildman–Crippen MR) is 67.7 cm³/mol. The molecule has 5 nitrogen and oxygen atoms in total. The van der Waals surface area contributed by atoms with E-state index >= 15 is 0 Å². The number of anilines is 1. The van der Waals surface area contributed by atoms with E-state index in [0.717, 1.165) is 17.0 Å². The summed E-state index contributed by atoms with van der Waals surface area (Å²) in [5.74, 6) is 0.524. The van der Waals surface area contributed by atoms with Crippen molar-refractivity contribution in [1.29, 1.82) is 0 Å². The maximum absolute atomic E-state index is 12.0. The van der Waals surface area contributed by atoms with Crippen LogP contribution in [0.25, 0.3) is 0 Å². The van der Waals surface area contributed by atoms with Crippen LogP contribution >= 0.6 is 0 Å². The molecule has 0 aliphatic carbocycles. The molecule has 18 heavy (non-hydrogen) atoms. The third kappa shape index (κ3) is 2.16. The van der Waals surface area contributed by atoms with Crippen LogP contribution in [0.15, 0.2) is 18.2 Å². The van der Waals surface area contributed by atoms with Gasteiger partial charge in [-0.3, -0.25) is 9.59 Å². The molecule has 0 bridgehead atoms. The summed E-state index contributed by atoms with van der Waals surface area (Å²) < 4.78 is 5.17. The molecule has 0 aromatic heterocycles. The number of benzene rings is 1. The molecule has 1 N–H and O–H groups in total. The molecule has 1 aliphatic rings. The summed E-state index contributed by atoms with van der Waals surface area (Å²) in [4.78, 5) is 25.0. The standard InChI is InChI=1S/C13H16N2O3/c1-8-6-10(4-5-11(8)18-3)15-7-12(16)14-9(2)13(15)17/h4-6,9H,7H2,1-3H3,(H,14,16). The highest BCUT2D eigenvalue weighted by Crippen LogP contribution is 2.25. The van der Waals surface area contributed by atoms with Crippen molar-refractivity contribution in [3.05, 3.63) is 23.8 Å². The van der Waals surface area contributed by atoms with E-state index in [4.69, 9.17) is 4.74 Å². The van der Waals surface area contributed by atoms with E-state index in [1.54, 1.807) is 26.2 Å². The third-order valence-electron chi connectivity index (χ3n) is 3.01. The second-order valence-corrected chi connectivity index (χ2v) is 4.37. The summed E-state index contributed by atoms with van der Waals surface area (Å²) in [6.45, 7) is 3.65. The number of rotatable bonds is 2. The van der Waals surface area contributed by atoms with Crippen molar-refractivity contribution in [2.75, 3.05) is 18.6 Å². The van der Waals surface area contributed by atoms with E-state index in [1.807, 2.05) is 13.0 Å². The Morgan fingerprint density at radius 2 is 2.11 bits per heavy atom. The Morgan fingerprint density at radius 3 is 2.72 bits per heavy atom. The number of piperazine rings is 1. The van der Waals surface area contributed by atoms with Crippen molar-refractivity contribution >= 4 is 17.5 Å². The lowest BCUT2D eigenvalue weighted by molar-refractivity contribution is -0.130. The van der Waals surface area contributed by atoms with Gasteiger partial charge in [0.05, 0.1) is 7.11 Å². The molecule has 5 heteroatoms. The minimum Gasteiger partial charge on any atom is -0.496 e. The lowest BCUT2D eigenvalue weighted by Gasteiger charge is -2.31. The maximum atomic E-state index is 12.0. The predicted octanol–water partition coefficient (Wildman–Crippen LogP) is 0.855. The Balaban J connectivity index is 2.32. The number of nitrogens with one attached hydrogen (secondary N) is 1. The van der Waals surface area contributed by atoms with Crippen molar-refractivity contribution in [3.63, 3.8) is 0 Å². The molecule has 0 radical (unpaired) electrons.